The van der Waals surface area contributed by atoms with E-state index in [4.69, 9.17) is 0 Å². The van der Waals surface area contributed by atoms with Crippen molar-refractivity contribution in [3.63, 3.8) is 0 Å². The Bertz CT molecular complexity index is 1060. The lowest BCUT2D eigenvalue weighted by atomic mass is 9.96. The van der Waals surface area contributed by atoms with Crippen LogP contribution in [-0.4, -0.2) is 11.1 Å². The Kier molecular flexibility index (Phi) is 6.12. The molecule has 0 saturated carbocycles. The molecule has 2 N–H and O–H groups in total. The summed E-state index contributed by atoms with van der Waals surface area (Å²) in [6.07, 6.45) is 1.74. The van der Waals surface area contributed by atoms with Crippen LogP contribution in [0.5, 0.6) is 0 Å². The third kappa shape index (κ3) is 4.70. The van der Waals surface area contributed by atoms with Crippen LogP contribution in [0.2, 0.25) is 0 Å². The summed E-state index contributed by atoms with van der Waals surface area (Å²) in [7, 11) is 0. The molecule has 4 rings (SSSR count). The first-order valence-electron chi connectivity index (χ1n) is 9.81. The molecular formula is C25H22N2O2S. The molecule has 3 aromatic rings. The van der Waals surface area contributed by atoms with Gasteiger partial charge in [-0.25, -0.2) is 0 Å². The van der Waals surface area contributed by atoms with Gasteiger partial charge < -0.3 is 0 Å². The number of carbonyl (C=O) groups excluding carboxylic acids is 2. The molecular weight excluding hydrogens is 392 g/mol. The zero-order valence-electron chi connectivity index (χ0n) is 16.5. The number of thioether (sulfide) groups is 1. The van der Waals surface area contributed by atoms with Gasteiger partial charge in [-0.3, -0.25) is 20.2 Å². The molecule has 5 heteroatoms. The number of hydrogen-bond acceptors (Lipinski definition) is 4. The Morgan fingerprint density at radius 2 is 1.37 bits per heavy atom. The highest BCUT2D eigenvalue weighted by atomic mass is 32.2. The van der Waals surface area contributed by atoms with E-state index in [2.05, 4.69) is 66.1 Å². The fourth-order valence-corrected chi connectivity index (χ4v) is 4.16. The summed E-state index contributed by atoms with van der Waals surface area (Å²) in [6, 6.07) is 29.0. The van der Waals surface area contributed by atoms with E-state index in [0.29, 0.717) is 4.91 Å². The summed E-state index contributed by atoms with van der Waals surface area (Å²) < 4.78 is 0. The largest absolute Gasteiger partial charge is 0.300 e. The second-order valence-corrected chi connectivity index (χ2v) is 8.18. The minimum atomic E-state index is -0.338. The SMILES string of the molecule is C[C@@H](NC(c1ccccc1)c1ccc(C=C2SC(=O)NC2=O)cc1)c1ccccc1. The zero-order chi connectivity index (χ0) is 20.9. The fraction of sp³-hybridized carbons (Fsp3) is 0.120. The molecule has 3 aromatic carbocycles. The van der Waals surface area contributed by atoms with Crippen molar-refractivity contribution < 1.29 is 9.59 Å². The van der Waals surface area contributed by atoms with Crippen molar-refractivity contribution in [3.8, 4) is 0 Å². The van der Waals surface area contributed by atoms with E-state index < -0.39 is 0 Å². The number of benzene rings is 3. The monoisotopic (exact) mass is 414 g/mol. The van der Waals surface area contributed by atoms with Crippen LogP contribution in [0.3, 0.4) is 0 Å². The lowest BCUT2D eigenvalue weighted by molar-refractivity contribution is -0.115. The predicted octanol–water partition coefficient (Wildman–Crippen LogP) is 5.45. The normalized spacial score (nSPS) is 17.0. The van der Waals surface area contributed by atoms with Crippen LogP contribution < -0.4 is 10.6 Å². The summed E-state index contributed by atoms with van der Waals surface area (Å²) in [5, 5.41) is 5.70. The molecule has 2 amide bonds. The Morgan fingerprint density at radius 3 is 1.93 bits per heavy atom. The summed E-state index contributed by atoms with van der Waals surface area (Å²) in [4.78, 5) is 23.5. The first kappa shape index (κ1) is 20.1. The lowest BCUT2D eigenvalue weighted by Crippen LogP contribution is -2.25. The maximum atomic E-state index is 11.8. The standard InChI is InChI=1S/C25H22N2O2S/c1-17(19-8-4-2-5-9-19)26-23(20-10-6-3-7-11-20)21-14-12-18(13-15-21)16-22-24(28)27-25(29)30-22/h2-17,23,26H,1H3,(H,27,28,29)/t17-,23?/m1/s1. The van der Waals surface area contributed by atoms with Gasteiger partial charge in [-0.1, -0.05) is 84.9 Å². The maximum absolute atomic E-state index is 11.8. The molecule has 0 bridgehead atoms. The van der Waals surface area contributed by atoms with E-state index >= 15 is 0 Å². The molecule has 1 heterocycles. The van der Waals surface area contributed by atoms with Crippen LogP contribution in [0.4, 0.5) is 4.79 Å². The van der Waals surface area contributed by atoms with Gasteiger partial charge in [-0.05, 0) is 47.0 Å². The maximum Gasteiger partial charge on any atom is 0.290 e. The number of nitrogens with one attached hydrogen (secondary N) is 2. The highest BCUT2D eigenvalue weighted by molar-refractivity contribution is 8.18. The minimum Gasteiger partial charge on any atom is -0.300 e. The molecule has 2 atom stereocenters. The summed E-state index contributed by atoms with van der Waals surface area (Å²) in [6.45, 7) is 2.16. The van der Waals surface area contributed by atoms with Crippen molar-refractivity contribution in [2.75, 3.05) is 0 Å². The minimum absolute atomic E-state index is 0.0221. The fourth-order valence-electron chi connectivity index (χ4n) is 3.48. The summed E-state index contributed by atoms with van der Waals surface area (Å²) in [5.41, 5.74) is 4.43. The van der Waals surface area contributed by atoms with Crippen LogP contribution in [0.15, 0.2) is 89.8 Å². The van der Waals surface area contributed by atoms with Gasteiger partial charge in [0, 0.05) is 6.04 Å². The Labute approximate surface area is 180 Å². The van der Waals surface area contributed by atoms with E-state index in [0.717, 1.165) is 22.9 Å². The number of carbonyl (C=O) groups is 2. The number of hydrogen-bond donors (Lipinski definition) is 2. The first-order chi connectivity index (χ1) is 14.6. The molecule has 0 radical (unpaired) electrons. The lowest BCUT2D eigenvalue weighted by Gasteiger charge is -2.25. The topological polar surface area (TPSA) is 58.2 Å². The smallest absolute Gasteiger partial charge is 0.290 e. The van der Waals surface area contributed by atoms with Gasteiger partial charge in [0.15, 0.2) is 0 Å². The molecule has 0 aliphatic carbocycles. The van der Waals surface area contributed by atoms with E-state index in [1.54, 1.807) is 6.08 Å². The van der Waals surface area contributed by atoms with Crippen molar-refractivity contribution in [3.05, 3.63) is 112 Å². The van der Waals surface area contributed by atoms with Crippen molar-refractivity contribution >= 4 is 29.0 Å². The van der Waals surface area contributed by atoms with Crippen LogP contribution in [0.1, 0.15) is 41.3 Å². The van der Waals surface area contributed by atoms with Crippen molar-refractivity contribution in [2.45, 2.75) is 19.0 Å². The van der Waals surface area contributed by atoms with Gasteiger partial charge in [0.2, 0.25) is 0 Å². The molecule has 1 aliphatic rings. The second kappa shape index (κ2) is 9.11. The number of rotatable bonds is 6. The van der Waals surface area contributed by atoms with Crippen molar-refractivity contribution in [1.29, 1.82) is 0 Å². The van der Waals surface area contributed by atoms with E-state index in [1.807, 2.05) is 36.4 Å². The van der Waals surface area contributed by atoms with E-state index in [9.17, 15) is 9.59 Å². The molecule has 0 spiro atoms. The summed E-state index contributed by atoms with van der Waals surface area (Å²) in [5.74, 6) is -0.338. The highest BCUT2D eigenvalue weighted by Gasteiger charge is 2.25. The average Bonchev–Trinajstić information content (AvgIpc) is 3.10. The molecule has 1 saturated heterocycles. The van der Waals surface area contributed by atoms with E-state index in [1.165, 1.54) is 11.1 Å². The Hall–Kier alpha value is -3.15. The molecule has 150 valence electrons. The third-order valence-corrected chi connectivity index (χ3v) is 5.87. The van der Waals surface area contributed by atoms with Gasteiger partial charge >= 0.3 is 0 Å². The van der Waals surface area contributed by atoms with Crippen molar-refractivity contribution in [1.82, 2.24) is 10.6 Å². The van der Waals surface area contributed by atoms with Crippen LogP contribution in [0.25, 0.3) is 6.08 Å². The summed E-state index contributed by atoms with van der Waals surface area (Å²) >= 11 is 0.931. The van der Waals surface area contributed by atoms with Crippen LogP contribution >= 0.6 is 11.8 Å². The zero-order valence-corrected chi connectivity index (χ0v) is 17.4. The quantitative estimate of drug-likeness (QED) is 0.527. The molecule has 1 fully saturated rings. The second-order valence-electron chi connectivity index (χ2n) is 7.16. The van der Waals surface area contributed by atoms with Gasteiger partial charge in [0.25, 0.3) is 11.1 Å². The van der Waals surface area contributed by atoms with Gasteiger partial charge in [0.05, 0.1) is 10.9 Å². The average molecular weight is 415 g/mol. The molecule has 4 nitrogen and oxygen atoms in total. The molecule has 1 unspecified atom stereocenters. The Morgan fingerprint density at radius 1 is 0.800 bits per heavy atom. The van der Waals surface area contributed by atoms with Crippen LogP contribution in [-0.2, 0) is 4.79 Å². The van der Waals surface area contributed by atoms with Crippen LogP contribution in [0, 0.1) is 0 Å². The Balaban J connectivity index is 1.60. The molecule has 1 aliphatic heterocycles. The highest BCUT2D eigenvalue weighted by Crippen LogP contribution is 2.28. The van der Waals surface area contributed by atoms with Gasteiger partial charge in [0.1, 0.15) is 0 Å². The molecule has 30 heavy (non-hydrogen) atoms. The third-order valence-electron chi connectivity index (χ3n) is 5.06. The van der Waals surface area contributed by atoms with E-state index in [-0.39, 0.29) is 23.2 Å². The number of imide groups is 1. The first-order valence-corrected chi connectivity index (χ1v) is 10.6. The van der Waals surface area contributed by atoms with Crippen molar-refractivity contribution in [2.24, 2.45) is 0 Å². The number of amides is 2. The molecule has 0 aromatic heterocycles. The van der Waals surface area contributed by atoms with Gasteiger partial charge in [-0.2, -0.15) is 0 Å². The predicted molar refractivity (Wildman–Crippen MR) is 122 cm³/mol. The van der Waals surface area contributed by atoms with Gasteiger partial charge in [-0.15, -0.1) is 0 Å².